The second kappa shape index (κ2) is 5.87. The maximum absolute atomic E-state index is 5.27. The number of methoxy groups -OCH3 is 1. The van der Waals surface area contributed by atoms with E-state index >= 15 is 0 Å². The highest BCUT2D eigenvalue weighted by Crippen LogP contribution is 2.29. The van der Waals surface area contributed by atoms with Gasteiger partial charge in [0.05, 0.1) is 18.1 Å². The number of aromatic nitrogens is 2. The zero-order valence-electron chi connectivity index (χ0n) is 12.5. The number of hydrogen-bond acceptors (Lipinski definition) is 4. The third-order valence-electron chi connectivity index (χ3n) is 3.79. The van der Waals surface area contributed by atoms with Gasteiger partial charge in [-0.05, 0) is 25.2 Å². The second-order valence-electron chi connectivity index (χ2n) is 5.01. The molecule has 2 aromatic heterocycles. The van der Waals surface area contributed by atoms with Crippen molar-refractivity contribution in [2.45, 2.75) is 12.5 Å². The lowest BCUT2D eigenvalue weighted by molar-refractivity contribution is 0.416. The average Bonchev–Trinajstić information content (AvgIpc) is 3.10. The van der Waals surface area contributed by atoms with E-state index in [-0.39, 0.29) is 6.04 Å². The van der Waals surface area contributed by atoms with Crippen LogP contribution < -0.4 is 10.1 Å². The van der Waals surface area contributed by atoms with Gasteiger partial charge in [0.15, 0.2) is 0 Å². The van der Waals surface area contributed by atoms with Crippen molar-refractivity contribution in [2.24, 2.45) is 7.05 Å². The molecule has 0 bridgehead atoms. The number of thiophene rings is 1. The standard InChI is InChI=1S/C16H19N3OS/c1-17-13(15-8-11(20-3)10-21-15)9-16-18-12-6-4-5-7-14(12)19(16)2/h4-8,10,13,17H,9H2,1-3H3. The summed E-state index contributed by atoms with van der Waals surface area (Å²) in [5.41, 5.74) is 2.22. The average molecular weight is 301 g/mol. The van der Waals surface area contributed by atoms with Crippen LogP contribution in [0.15, 0.2) is 35.7 Å². The van der Waals surface area contributed by atoms with Gasteiger partial charge in [0.1, 0.15) is 11.6 Å². The Morgan fingerprint density at radius 3 is 2.86 bits per heavy atom. The van der Waals surface area contributed by atoms with Gasteiger partial charge in [0.25, 0.3) is 0 Å². The monoisotopic (exact) mass is 301 g/mol. The zero-order chi connectivity index (χ0) is 14.8. The van der Waals surface area contributed by atoms with Gasteiger partial charge in [-0.25, -0.2) is 4.98 Å². The molecule has 0 saturated carbocycles. The molecule has 0 aliphatic rings. The van der Waals surface area contributed by atoms with E-state index in [2.05, 4.69) is 35.1 Å². The van der Waals surface area contributed by atoms with Crippen LogP contribution in [0.1, 0.15) is 16.7 Å². The normalized spacial score (nSPS) is 12.7. The van der Waals surface area contributed by atoms with Crippen molar-refractivity contribution in [1.29, 1.82) is 0 Å². The number of benzene rings is 1. The molecule has 1 N–H and O–H groups in total. The van der Waals surface area contributed by atoms with Crippen LogP contribution in [-0.4, -0.2) is 23.7 Å². The summed E-state index contributed by atoms with van der Waals surface area (Å²) in [6, 6.07) is 10.6. The number of ether oxygens (including phenoxy) is 1. The zero-order valence-corrected chi connectivity index (χ0v) is 13.3. The van der Waals surface area contributed by atoms with E-state index in [1.54, 1.807) is 18.4 Å². The van der Waals surface area contributed by atoms with Gasteiger partial charge >= 0.3 is 0 Å². The van der Waals surface area contributed by atoms with Crippen molar-refractivity contribution >= 4 is 22.4 Å². The lowest BCUT2D eigenvalue weighted by Gasteiger charge is -2.14. The van der Waals surface area contributed by atoms with E-state index in [0.717, 1.165) is 23.5 Å². The molecule has 2 heterocycles. The van der Waals surface area contributed by atoms with Gasteiger partial charge in [-0.2, -0.15) is 0 Å². The smallest absolute Gasteiger partial charge is 0.129 e. The van der Waals surface area contributed by atoms with Crippen molar-refractivity contribution in [3.8, 4) is 5.75 Å². The number of aryl methyl sites for hydroxylation is 1. The van der Waals surface area contributed by atoms with Crippen LogP contribution in [0.2, 0.25) is 0 Å². The molecule has 0 radical (unpaired) electrons. The molecule has 0 amide bonds. The van der Waals surface area contributed by atoms with Crippen LogP contribution in [0.5, 0.6) is 5.75 Å². The van der Waals surface area contributed by atoms with Gasteiger partial charge in [0, 0.05) is 29.8 Å². The van der Waals surface area contributed by atoms with Crippen LogP contribution in [0.3, 0.4) is 0 Å². The fourth-order valence-corrected chi connectivity index (χ4v) is 3.50. The first kappa shape index (κ1) is 14.1. The van der Waals surface area contributed by atoms with Crippen LogP contribution in [0, 0.1) is 0 Å². The first-order valence-electron chi connectivity index (χ1n) is 6.93. The van der Waals surface area contributed by atoms with Crippen LogP contribution in [0.4, 0.5) is 0 Å². The van der Waals surface area contributed by atoms with Gasteiger partial charge in [0.2, 0.25) is 0 Å². The van der Waals surface area contributed by atoms with E-state index in [4.69, 9.17) is 9.72 Å². The van der Waals surface area contributed by atoms with Crippen LogP contribution >= 0.6 is 11.3 Å². The number of imidazole rings is 1. The summed E-state index contributed by atoms with van der Waals surface area (Å²) in [7, 11) is 5.76. The molecule has 0 fully saturated rings. The van der Waals surface area contributed by atoms with E-state index in [1.807, 2.05) is 24.6 Å². The summed E-state index contributed by atoms with van der Waals surface area (Å²) in [5.74, 6) is 2.00. The molecule has 0 saturated heterocycles. The molecule has 3 aromatic rings. The highest BCUT2D eigenvalue weighted by atomic mass is 32.1. The number of nitrogens with one attached hydrogen (secondary N) is 1. The molecule has 1 aromatic carbocycles. The van der Waals surface area contributed by atoms with Gasteiger partial charge < -0.3 is 14.6 Å². The Bertz CT molecular complexity index is 747. The number of rotatable bonds is 5. The lowest BCUT2D eigenvalue weighted by atomic mass is 10.1. The minimum absolute atomic E-state index is 0.245. The second-order valence-corrected chi connectivity index (χ2v) is 5.95. The number of fused-ring (bicyclic) bond motifs is 1. The van der Waals surface area contributed by atoms with Crippen molar-refractivity contribution in [1.82, 2.24) is 14.9 Å². The number of para-hydroxylation sites is 2. The summed E-state index contributed by atoms with van der Waals surface area (Å²) in [6.07, 6.45) is 0.853. The Kier molecular flexibility index (Phi) is 3.94. The Morgan fingerprint density at radius 1 is 1.38 bits per heavy atom. The Labute approximate surface area is 128 Å². The Balaban J connectivity index is 1.90. The number of hydrogen-bond donors (Lipinski definition) is 1. The highest BCUT2D eigenvalue weighted by molar-refractivity contribution is 7.10. The fourth-order valence-electron chi connectivity index (χ4n) is 2.53. The van der Waals surface area contributed by atoms with Gasteiger partial charge in [-0.1, -0.05) is 12.1 Å². The van der Waals surface area contributed by atoms with Crippen molar-refractivity contribution in [2.75, 3.05) is 14.2 Å². The van der Waals surface area contributed by atoms with E-state index in [1.165, 1.54) is 10.4 Å². The molecule has 1 unspecified atom stereocenters. The first-order valence-corrected chi connectivity index (χ1v) is 7.81. The molecule has 3 rings (SSSR count). The van der Waals surface area contributed by atoms with E-state index in [9.17, 15) is 0 Å². The quantitative estimate of drug-likeness (QED) is 0.787. The van der Waals surface area contributed by atoms with Crippen molar-refractivity contribution < 1.29 is 4.74 Å². The maximum atomic E-state index is 5.27. The summed E-state index contributed by atoms with van der Waals surface area (Å²) in [4.78, 5) is 6.01. The molecule has 0 aliphatic heterocycles. The summed E-state index contributed by atoms with van der Waals surface area (Å²) in [6.45, 7) is 0. The largest absolute Gasteiger partial charge is 0.496 e. The van der Waals surface area contributed by atoms with Crippen molar-refractivity contribution in [3.05, 3.63) is 46.4 Å². The molecule has 5 heteroatoms. The Morgan fingerprint density at radius 2 is 2.19 bits per heavy atom. The topological polar surface area (TPSA) is 39.1 Å². The van der Waals surface area contributed by atoms with Gasteiger partial charge in [-0.3, -0.25) is 0 Å². The third kappa shape index (κ3) is 2.66. The molecule has 1 atom stereocenters. The minimum Gasteiger partial charge on any atom is -0.496 e. The highest BCUT2D eigenvalue weighted by Gasteiger charge is 2.17. The predicted octanol–water partition coefficient (Wildman–Crippen LogP) is 3.15. The molecule has 21 heavy (non-hydrogen) atoms. The summed E-state index contributed by atoms with van der Waals surface area (Å²) in [5, 5.41) is 5.41. The predicted molar refractivity (Wildman–Crippen MR) is 87.1 cm³/mol. The number of nitrogens with zero attached hydrogens (tertiary/aromatic N) is 2. The summed E-state index contributed by atoms with van der Waals surface area (Å²) >= 11 is 1.71. The molecular weight excluding hydrogens is 282 g/mol. The molecule has 110 valence electrons. The van der Waals surface area contributed by atoms with Gasteiger partial charge in [-0.15, -0.1) is 11.3 Å². The first-order chi connectivity index (χ1) is 10.2. The maximum Gasteiger partial charge on any atom is 0.129 e. The molecule has 4 nitrogen and oxygen atoms in total. The fraction of sp³-hybridized carbons (Fsp3) is 0.312. The Hall–Kier alpha value is -1.85. The van der Waals surface area contributed by atoms with Crippen LogP contribution in [-0.2, 0) is 13.5 Å². The SMILES string of the molecule is CNC(Cc1nc2ccccc2n1C)c1cc(OC)cs1. The van der Waals surface area contributed by atoms with Crippen LogP contribution in [0.25, 0.3) is 11.0 Å². The minimum atomic E-state index is 0.245. The van der Waals surface area contributed by atoms with E-state index < -0.39 is 0 Å². The lowest BCUT2D eigenvalue weighted by Crippen LogP contribution is -2.19. The number of likely N-dealkylation sites (N-methyl/N-ethyl adjacent to an activating group) is 1. The molecule has 0 spiro atoms. The third-order valence-corrected chi connectivity index (χ3v) is 4.81. The van der Waals surface area contributed by atoms with Crippen molar-refractivity contribution in [3.63, 3.8) is 0 Å². The summed E-state index contributed by atoms with van der Waals surface area (Å²) < 4.78 is 7.44. The molecule has 0 aliphatic carbocycles. The molecular formula is C16H19N3OS. The van der Waals surface area contributed by atoms with E-state index in [0.29, 0.717) is 0 Å².